The van der Waals surface area contributed by atoms with E-state index in [1.807, 2.05) is 27.0 Å². The number of carboxylic acids is 1. The maximum absolute atomic E-state index is 11.6. The number of rotatable bonds is 6. The van der Waals surface area contributed by atoms with Gasteiger partial charge in [-0.05, 0) is 23.8 Å². The summed E-state index contributed by atoms with van der Waals surface area (Å²) in [7, 11) is 0. The lowest BCUT2D eigenvalue weighted by Crippen LogP contribution is -2.42. The summed E-state index contributed by atoms with van der Waals surface area (Å²) in [6.07, 6.45) is 2.72. The second-order valence-electron chi connectivity index (χ2n) is 4.98. The molecule has 1 unspecified atom stereocenters. The van der Waals surface area contributed by atoms with Crippen LogP contribution in [0.4, 0.5) is 0 Å². The third-order valence-corrected chi connectivity index (χ3v) is 2.58. The van der Waals surface area contributed by atoms with Gasteiger partial charge in [-0.25, -0.2) is 4.79 Å². The Balaban J connectivity index is 4.19. The summed E-state index contributed by atoms with van der Waals surface area (Å²) in [5.41, 5.74) is -0.118. The number of hydrogen-bond acceptors (Lipinski definition) is 3. The van der Waals surface area contributed by atoms with Crippen LogP contribution in [0.25, 0.3) is 0 Å². The first kappa shape index (κ1) is 15.3. The van der Waals surface area contributed by atoms with Crippen LogP contribution in [0, 0.1) is 5.41 Å². The van der Waals surface area contributed by atoms with Crippen LogP contribution in [0.15, 0.2) is 0 Å². The molecule has 0 aliphatic carbocycles. The molecule has 0 rings (SSSR count). The number of carboxylic acid groups (broad SMARTS) is 1. The molecule has 0 heterocycles. The SMILES string of the molecule is CSCCC(NC(=O)CC(C)(C)C)C(=O)O. The molecule has 16 heavy (non-hydrogen) atoms. The molecule has 0 aromatic rings. The lowest BCUT2D eigenvalue weighted by molar-refractivity contribution is -0.142. The minimum absolute atomic E-state index is 0.118. The lowest BCUT2D eigenvalue weighted by atomic mass is 9.92. The van der Waals surface area contributed by atoms with Crippen LogP contribution >= 0.6 is 11.8 Å². The number of carbonyl (C=O) groups excluding carboxylic acids is 1. The minimum atomic E-state index is -0.962. The molecule has 0 aliphatic rings. The Bertz CT molecular complexity index is 248. The van der Waals surface area contributed by atoms with Crippen LogP contribution in [0.2, 0.25) is 0 Å². The molecule has 1 amide bonds. The van der Waals surface area contributed by atoms with E-state index in [9.17, 15) is 9.59 Å². The van der Waals surface area contributed by atoms with Crippen molar-refractivity contribution in [3.8, 4) is 0 Å². The summed E-state index contributed by atoms with van der Waals surface area (Å²) >= 11 is 1.57. The number of aliphatic carboxylic acids is 1. The van der Waals surface area contributed by atoms with E-state index in [1.54, 1.807) is 11.8 Å². The lowest BCUT2D eigenvalue weighted by Gasteiger charge is -2.20. The first-order chi connectivity index (χ1) is 7.26. The molecule has 0 aromatic carbocycles. The molecule has 0 aliphatic heterocycles. The molecule has 2 N–H and O–H groups in total. The fraction of sp³-hybridized carbons (Fsp3) is 0.818. The quantitative estimate of drug-likeness (QED) is 0.750. The van der Waals surface area contributed by atoms with Crippen molar-refractivity contribution >= 4 is 23.6 Å². The smallest absolute Gasteiger partial charge is 0.326 e. The molecule has 0 spiro atoms. The Hall–Kier alpha value is -0.710. The highest BCUT2D eigenvalue weighted by Gasteiger charge is 2.22. The van der Waals surface area contributed by atoms with Gasteiger partial charge in [-0.1, -0.05) is 20.8 Å². The fourth-order valence-electron chi connectivity index (χ4n) is 1.22. The van der Waals surface area contributed by atoms with E-state index in [0.717, 1.165) is 5.75 Å². The highest BCUT2D eigenvalue weighted by Crippen LogP contribution is 2.18. The van der Waals surface area contributed by atoms with Crippen LogP contribution in [0.1, 0.15) is 33.6 Å². The zero-order chi connectivity index (χ0) is 12.8. The van der Waals surface area contributed by atoms with Crippen LogP contribution in [0.3, 0.4) is 0 Å². The molecule has 5 heteroatoms. The van der Waals surface area contributed by atoms with Gasteiger partial charge in [0.15, 0.2) is 0 Å². The second kappa shape index (κ2) is 6.78. The molecular formula is C11H21NO3S. The van der Waals surface area contributed by atoms with Gasteiger partial charge in [-0.15, -0.1) is 0 Å². The summed E-state index contributed by atoms with van der Waals surface area (Å²) in [6, 6.07) is -0.762. The Morgan fingerprint density at radius 1 is 1.38 bits per heavy atom. The van der Waals surface area contributed by atoms with Crippen molar-refractivity contribution in [2.45, 2.75) is 39.7 Å². The first-order valence-corrected chi connectivity index (χ1v) is 6.67. The van der Waals surface area contributed by atoms with Gasteiger partial charge in [-0.3, -0.25) is 4.79 Å². The monoisotopic (exact) mass is 247 g/mol. The second-order valence-corrected chi connectivity index (χ2v) is 5.96. The third kappa shape index (κ3) is 7.56. The van der Waals surface area contributed by atoms with Crippen molar-refractivity contribution in [1.82, 2.24) is 5.32 Å². The average molecular weight is 247 g/mol. The van der Waals surface area contributed by atoms with Gasteiger partial charge in [0, 0.05) is 6.42 Å². The first-order valence-electron chi connectivity index (χ1n) is 5.27. The van der Waals surface area contributed by atoms with Gasteiger partial charge in [0.05, 0.1) is 0 Å². The summed E-state index contributed by atoms with van der Waals surface area (Å²) in [5.74, 6) is -0.426. The van der Waals surface area contributed by atoms with Gasteiger partial charge >= 0.3 is 5.97 Å². The maximum Gasteiger partial charge on any atom is 0.326 e. The van der Waals surface area contributed by atoms with Crippen molar-refractivity contribution in [3.63, 3.8) is 0 Å². The van der Waals surface area contributed by atoms with Crippen molar-refractivity contribution in [1.29, 1.82) is 0 Å². The molecule has 0 saturated heterocycles. The van der Waals surface area contributed by atoms with Crippen LogP contribution in [0.5, 0.6) is 0 Å². The van der Waals surface area contributed by atoms with Crippen molar-refractivity contribution < 1.29 is 14.7 Å². The number of thioether (sulfide) groups is 1. The zero-order valence-electron chi connectivity index (χ0n) is 10.4. The Labute approximate surface area is 101 Å². The van der Waals surface area contributed by atoms with E-state index >= 15 is 0 Å². The van der Waals surface area contributed by atoms with Gasteiger partial charge in [0.1, 0.15) is 6.04 Å². The molecule has 4 nitrogen and oxygen atoms in total. The van der Waals surface area contributed by atoms with E-state index in [-0.39, 0.29) is 11.3 Å². The molecule has 0 saturated carbocycles. The Morgan fingerprint density at radius 2 is 1.94 bits per heavy atom. The maximum atomic E-state index is 11.6. The van der Waals surface area contributed by atoms with Crippen molar-refractivity contribution in [2.75, 3.05) is 12.0 Å². The summed E-state index contributed by atoms with van der Waals surface area (Å²) in [6.45, 7) is 5.85. The van der Waals surface area contributed by atoms with E-state index in [1.165, 1.54) is 0 Å². The van der Waals surface area contributed by atoms with Crippen LogP contribution in [-0.2, 0) is 9.59 Å². The predicted molar refractivity (Wildman–Crippen MR) is 66.6 cm³/mol. The summed E-state index contributed by atoms with van der Waals surface area (Å²) in [4.78, 5) is 22.4. The number of amides is 1. The summed E-state index contributed by atoms with van der Waals surface area (Å²) in [5, 5.41) is 11.5. The fourth-order valence-corrected chi connectivity index (χ4v) is 1.69. The third-order valence-electron chi connectivity index (χ3n) is 1.93. The highest BCUT2D eigenvalue weighted by molar-refractivity contribution is 7.98. The average Bonchev–Trinajstić information content (AvgIpc) is 2.08. The minimum Gasteiger partial charge on any atom is -0.480 e. The normalized spacial score (nSPS) is 13.2. The molecule has 94 valence electrons. The van der Waals surface area contributed by atoms with Crippen LogP contribution < -0.4 is 5.32 Å². The zero-order valence-corrected chi connectivity index (χ0v) is 11.2. The molecule has 1 atom stereocenters. The van der Waals surface area contributed by atoms with Gasteiger partial charge in [0.2, 0.25) is 5.91 Å². The molecular weight excluding hydrogens is 226 g/mol. The van der Waals surface area contributed by atoms with Crippen LogP contribution in [-0.4, -0.2) is 35.0 Å². The molecule has 0 bridgehead atoms. The summed E-state index contributed by atoms with van der Waals surface area (Å²) < 4.78 is 0. The molecule has 0 aromatic heterocycles. The topological polar surface area (TPSA) is 66.4 Å². The number of hydrogen-bond donors (Lipinski definition) is 2. The van der Waals surface area contributed by atoms with Gasteiger partial charge in [-0.2, -0.15) is 11.8 Å². The van der Waals surface area contributed by atoms with Crippen molar-refractivity contribution in [2.24, 2.45) is 5.41 Å². The van der Waals surface area contributed by atoms with E-state index < -0.39 is 12.0 Å². The van der Waals surface area contributed by atoms with E-state index in [2.05, 4.69) is 5.32 Å². The highest BCUT2D eigenvalue weighted by atomic mass is 32.2. The molecule has 0 fully saturated rings. The van der Waals surface area contributed by atoms with Crippen molar-refractivity contribution in [3.05, 3.63) is 0 Å². The van der Waals surface area contributed by atoms with E-state index in [0.29, 0.717) is 12.8 Å². The Kier molecular flexibility index (Phi) is 6.48. The molecule has 0 radical (unpaired) electrons. The standard InChI is InChI=1S/C11H21NO3S/c1-11(2,3)7-9(13)12-8(10(14)15)5-6-16-4/h8H,5-7H2,1-4H3,(H,12,13)(H,14,15). The predicted octanol–water partition coefficient (Wildman–Crippen LogP) is 1.75. The van der Waals surface area contributed by atoms with E-state index in [4.69, 9.17) is 5.11 Å². The van der Waals surface area contributed by atoms with Gasteiger partial charge in [0.25, 0.3) is 0 Å². The number of nitrogens with one attached hydrogen (secondary N) is 1. The van der Waals surface area contributed by atoms with Gasteiger partial charge < -0.3 is 10.4 Å². The Morgan fingerprint density at radius 3 is 2.31 bits per heavy atom. The largest absolute Gasteiger partial charge is 0.480 e. The number of carbonyl (C=O) groups is 2.